The van der Waals surface area contributed by atoms with Crippen molar-refractivity contribution in [1.82, 2.24) is 15.3 Å². The summed E-state index contributed by atoms with van der Waals surface area (Å²) in [5.41, 5.74) is -0.321. The van der Waals surface area contributed by atoms with Gasteiger partial charge in [0.25, 0.3) is 11.8 Å². The third-order valence-corrected chi connectivity index (χ3v) is 6.36. The predicted molar refractivity (Wildman–Crippen MR) is 137 cm³/mol. The Balaban J connectivity index is 1.40. The molecule has 1 atom stereocenters. The van der Waals surface area contributed by atoms with Gasteiger partial charge in [0.2, 0.25) is 5.75 Å². The van der Waals surface area contributed by atoms with Gasteiger partial charge in [-0.15, -0.1) is 0 Å². The molecule has 38 heavy (non-hydrogen) atoms. The molecule has 5 rings (SSSR count). The lowest BCUT2D eigenvalue weighted by Gasteiger charge is -2.34. The maximum Gasteiger partial charge on any atom is 0.416 e. The molecule has 1 amide bonds. The molecule has 0 aliphatic carbocycles. The van der Waals surface area contributed by atoms with Gasteiger partial charge < -0.3 is 30.3 Å². The van der Waals surface area contributed by atoms with E-state index in [2.05, 4.69) is 25.9 Å². The van der Waals surface area contributed by atoms with Gasteiger partial charge in [-0.1, -0.05) is 11.6 Å². The second kappa shape index (κ2) is 10.5. The van der Waals surface area contributed by atoms with Crippen LogP contribution in [0.25, 0.3) is 0 Å². The van der Waals surface area contributed by atoms with Crippen molar-refractivity contribution in [1.29, 1.82) is 0 Å². The molecule has 200 valence electrons. The summed E-state index contributed by atoms with van der Waals surface area (Å²) in [7, 11) is 0. The second-order valence-corrected chi connectivity index (χ2v) is 9.31. The topological polar surface area (TPSA) is 101 Å². The Morgan fingerprint density at radius 3 is 2.84 bits per heavy atom. The van der Waals surface area contributed by atoms with Crippen LogP contribution in [0.15, 0.2) is 42.7 Å². The van der Waals surface area contributed by atoms with Crippen LogP contribution in [0.4, 0.5) is 30.4 Å². The van der Waals surface area contributed by atoms with Gasteiger partial charge >= 0.3 is 6.18 Å². The minimum atomic E-state index is -4.58. The molecule has 1 fully saturated rings. The number of amides is 1. The van der Waals surface area contributed by atoms with Crippen LogP contribution in [0.3, 0.4) is 0 Å². The zero-order valence-corrected chi connectivity index (χ0v) is 21.0. The van der Waals surface area contributed by atoms with Crippen LogP contribution in [0.5, 0.6) is 17.4 Å². The standard InChI is InChI=1S/C25H24ClF3N6O3/c1-14-12-35(6-4-30-14)18-10-16(25(27,28)29)9-17(11-18)34-23(36)15-2-3-19(26)20(8-15)38-24-21-22(32-13-33-24)31-5-7-37-21/h2-3,8-11,13-14,30H,4-7,12H2,1H3,(H,34,36)(H,31,32,33). The highest BCUT2D eigenvalue weighted by atomic mass is 35.5. The van der Waals surface area contributed by atoms with Crippen LogP contribution in [-0.2, 0) is 6.18 Å². The van der Waals surface area contributed by atoms with Gasteiger partial charge in [-0.25, -0.2) is 4.98 Å². The summed E-state index contributed by atoms with van der Waals surface area (Å²) in [6.07, 6.45) is -3.28. The van der Waals surface area contributed by atoms with E-state index in [9.17, 15) is 18.0 Å². The molecule has 3 aromatic rings. The van der Waals surface area contributed by atoms with Gasteiger partial charge in [0.15, 0.2) is 5.82 Å². The van der Waals surface area contributed by atoms with E-state index in [0.29, 0.717) is 50.0 Å². The number of ether oxygens (including phenoxy) is 2. The first kappa shape index (κ1) is 25.9. The van der Waals surface area contributed by atoms with E-state index >= 15 is 0 Å². The van der Waals surface area contributed by atoms with Crippen LogP contribution >= 0.6 is 11.6 Å². The van der Waals surface area contributed by atoms with Gasteiger partial charge in [0.1, 0.15) is 18.7 Å². The molecule has 13 heteroatoms. The summed E-state index contributed by atoms with van der Waals surface area (Å²) >= 11 is 6.29. The molecule has 0 bridgehead atoms. The fraction of sp³-hybridized carbons (Fsp3) is 0.320. The van der Waals surface area contributed by atoms with E-state index in [0.717, 1.165) is 12.1 Å². The Morgan fingerprint density at radius 2 is 2.05 bits per heavy atom. The first-order chi connectivity index (χ1) is 18.2. The largest absolute Gasteiger partial charge is 0.483 e. The van der Waals surface area contributed by atoms with Crippen LogP contribution in [-0.4, -0.2) is 54.7 Å². The number of piperazine rings is 1. The third-order valence-electron chi connectivity index (χ3n) is 6.05. The number of aromatic nitrogens is 2. The Labute approximate surface area is 221 Å². The number of carbonyl (C=O) groups is 1. The molecular weight excluding hydrogens is 525 g/mol. The number of fused-ring (bicyclic) bond motifs is 1. The van der Waals surface area contributed by atoms with Crippen molar-refractivity contribution in [2.75, 3.05) is 48.3 Å². The van der Waals surface area contributed by atoms with E-state index in [1.807, 2.05) is 11.8 Å². The van der Waals surface area contributed by atoms with Gasteiger partial charge in [-0.05, 0) is 43.3 Å². The first-order valence-electron chi connectivity index (χ1n) is 11.9. The number of anilines is 3. The Kier molecular flexibility index (Phi) is 7.17. The lowest BCUT2D eigenvalue weighted by Crippen LogP contribution is -2.49. The summed E-state index contributed by atoms with van der Waals surface area (Å²) < 4.78 is 52.5. The number of halogens is 4. The summed E-state index contributed by atoms with van der Waals surface area (Å²) in [5.74, 6) is 0.366. The minimum absolute atomic E-state index is 0.0211. The normalized spacial score (nSPS) is 17.2. The molecule has 0 radical (unpaired) electrons. The van der Waals surface area contributed by atoms with Crippen LogP contribution < -0.4 is 30.3 Å². The summed E-state index contributed by atoms with van der Waals surface area (Å²) in [4.78, 5) is 23.1. The van der Waals surface area contributed by atoms with Crippen molar-refractivity contribution in [2.24, 2.45) is 0 Å². The number of nitrogens with zero attached hydrogens (tertiary/aromatic N) is 3. The molecule has 0 spiro atoms. The molecule has 0 saturated carbocycles. The number of hydrogen-bond donors (Lipinski definition) is 3. The highest BCUT2D eigenvalue weighted by Crippen LogP contribution is 2.39. The van der Waals surface area contributed by atoms with E-state index in [1.165, 1.54) is 30.6 Å². The van der Waals surface area contributed by atoms with Crippen molar-refractivity contribution >= 4 is 34.7 Å². The van der Waals surface area contributed by atoms with Gasteiger partial charge in [0, 0.05) is 42.6 Å². The van der Waals surface area contributed by atoms with E-state index in [1.54, 1.807) is 0 Å². The monoisotopic (exact) mass is 548 g/mol. The average molecular weight is 549 g/mol. The number of benzene rings is 2. The van der Waals surface area contributed by atoms with E-state index < -0.39 is 17.6 Å². The number of rotatable bonds is 5. The Morgan fingerprint density at radius 1 is 1.21 bits per heavy atom. The molecule has 1 unspecified atom stereocenters. The molecule has 2 aliphatic heterocycles. The van der Waals surface area contributed by atoms with Crippen molar-refractivity contribution in [3.05, 3.63) is 58.9 Å². The molecule has 3 heterocycles. The zero-order chi connectivity index (χ0) is 26.9. The molecule has 9 nitrogen and oxygen atoms in total. The molecule has 2 aliphatic rings. The summed E-state index contributed by atoms with van der Waals surface area (Å²) in [6.45, 7) is 4.65. The SMILES string of the molecule is CC1CN(c2cc(NC(=O)c3ccc(Cl)c(Oc4ncnc5c4OCCN5)c3)cc(C(F)(F)F)c2)CCN1. The molecule has 1 saturated heterocycles. The van der Waals surface area contributed by atoms with Crippen LogP contribution in [0.2, 0.25) is 5.02 Å². The minimum Gasteiger partial charge on any atom is -0.483 e. The number of hydrogen-bond acceptors (Lipinski definition) is 8. The van der Waals surface area contributed by atoms with Crippen molar-refractivity contribution < 1.29 is 27.4 Å². The summed E-state index contributed by atoms with van der Waals surface area (Å²) in [5, 5.41) is 9.11. The lowest BCUT2D eigenvalue weighted by atomic mass is 10.1. The maximum absolute atomic E-state index is 13.7. The fourth-order valence-corrected chi connectivity index (χ4v) is 4.39. The highest BCUT2D eigenvalue weighted by Gasteiger charge is 2.32. The molecule has 1 aromatic heterocycles. The second-order valence-electron chi connectivity index (χ2n) is 8.90. The highest BCUT2D eigenvalue weighted by molar-refractivity contribution is 6.32. The van der Waals surface area contributed by atoms with Crippen molar-refractivity contribution in [3.63, 3.8) is 0 Å². The van der Waals surface area contributed by atoms with Gasteiger partial charge in [-0.3, -0.25) is 4.79 Å². The zero-order valence-electron chi connectivity index (χ0n) is 20.2. The summed E-state index contributed by atoms with van der Waals surface area (Å²) in [6, 6.07) is 7.96. The quantitative estimate of drug-likeness (QED) is 0.418. The lowest BCUT2D eigenvalue weighted by molar-refractivity contribution is -0.137. The third kappa shape index (κ3) is 5.70. The van der Waals surface area contributed by atoms with E-state index in [4.69, 9.17) is 21.1 Å². The van der Waals surface area contributed by atoms with Crippen LogP contribution in [0, 0.1) is 0 Å². The predicted octanol–water partition coefficient (Wildman–Crippen LogP) is 4.80. The fourth-order valence-electron chi connectivity index (χ4n) is 4.24. The van der Waals surface area contributed by atoms with Gasteiger partial charge in [-0.2, -0.15) is 18.2 Å². The van der Waals surface area contributed by atoms with Crippen LogP contribution in [0.1, 0.15) is 22.8 Å². The molecule has 3 N–H and O–H groups in total. The van der Waals surface area contributed by atoms with Crippen molar-refractivity contribution in [3.8, 4) is 17.4 Å². The Bertz CT molecular complexity index is 1360. The smallest absolute Gasteiger partial charge is 0.416 e. The number of nitrogens with one attached hydrogen (secondary N) is 3. The first-order valence-corrected chi connectivity index (χ1v) is 12.3. The molecule has 2 aromatic carbocycles. The number of carbonyl (C=O) groups excluding carboxylic acids is 1. The van der Waals surface area contributed by atoms with Gasteiger partial charge in [0.05, 0.1) is 17.1 Å². The average Bonchev–Trinajstić information content (AvgIpc) is 2.89. The Hall–Kier alpha value is -3.77. The van der Waals surface area contributed by atoms with Crippen molar-refractivity contribution in [2.45, 2.75) is 19.1 Å². The molecular formula is C25H24ClF3N6O3. The maximum atomic E-state index is 13.7. The number of alkyl halides is 3. The van der Waals surface area contributed by atoms with E-state index in [-0.39, 0.29) is 33.9 Å².